The van der Waals surface area contributed by atoms with Crippen molar-refractivity contribution in [2.75, 3.05) is 0 Å². The molecular weight excluding hydrogens is 337 g/mol. The molecule has 8 heteroatoms. The number of benzene rings is 1. The van der Waals surface area contributed by atoms with Crippen LogP contribution in [0.2, 0.25) is 0 Å². The van der Waals surface area contributed by atoms with Crippen molar-refractivity contribution in [3.8, 4) is 6.07 Å². The third-order valence-corrected chi connectivity index (χ3v) is 5.31. The van der Waals surface area contributed by atoms with E-state index in [9.17, 15) is 14.7 Å². The van der Waals surface area contributed by atoms with Crippen LogP contribution >= 0.6 is 11.8 Å². The third kappa shape index (κ3) is 3.83. The molecule has 1 amide bonds. The number of thioether (sulfide) groups is 1. The van der Waals surface area contributed by atoms with Crippen LogP contribution in [-0.4, -0.2) is 39.3 Å². The smallest absolute Gasteiger partial charge is 0.549 e. The van der Waals surface area contributed by atoms with E-state index in [4.69, 9.17) is 5.26 Å². The second-order valence-corrected chi connectivity index (χ2v) is 6.73. The van der Waals surface area contributed by atoms with Gasteiger partial charge in [0.15, 0.2) is 5.17 Å². The summed E-state index contributed by atoms with van der Waals surface area (Å²) in [7, 11) is 0. The SMILES string of the molecule is CC1C(C(=O)[O-])SC(=NC(=O)c2ccc(C#N)cc2)N1C1CC1.[Na+]. The second-order valence-electron chi connectivity index (χ2n) is 5.63. The van der Waals surface area contributed by atoms with Crippen LogP contribution in [0.3, 0.4) is 0 Å². The molecule has 2 atom stereocenters. The molecule has 0 N–H and O–H groups in total. The summed E-state index contributed by atoms with van der Waals surface area (Å²) in [4.78, 5) is 29.6. The van der Waals surface area contributed by atoms with E-state index in [0.717, 1.165) is 24.6 Å². The van der Waals surface area contributed by atoms with Crippen molar-refractivity contribution in [1.82, 2.24) is 4.90 Å². The molecule has 118 valence electrons. The topological polar surface area (TPSA) is 96.6 Å². The van der Waals surface area contributed by atoms with E-state index in [1.165, 1.54) is 0 Å². The number of hydrogen-bond acceptors (Lipinski definition) is 5. The molecule has 0 aromatic heterocycles. The predicted molar refractivity (Wildman–Crippen MR) is 83.6 cm³/mol. The first-order valence-electron chi connectivity index (χ1n) is 7.30. The number of nitrogens with zero attached hydrogens (tertiary/aromatic N) is 3. The van der Waals surface area contributed by atoms with Gasteiger partial charge in [-0.15, -0.1) is 0 Å². The van der Waals surface area contributed by atoms with E-state index in [-0.39, 0.29) is 41.6 Å². The van der Waals surface area contributed by atoms with Crippen LogP contribution in [0.1, 0.15) is 35.7 Å². The van der Waals surface area contributed by atoms with Crippen LogP contribution in [0.15, 0.2) is 29.3 Å². The minimum absolute atomic E-state index is 0. The van der Waals surface area contributed by atoms with Crippen molar-refractivity contribution >= 4 is 28.8 Å². The maximum atomic E-state index is 12.3. The summed E-state index contributed by atoms with van der Waals surface area (Å²) < 4.78 is 0. The van der Waals surface area contributed by atoms with Crippen LogP contribution in [-0.2, 0) is 4.79 Å². The fourth-order valence-electron chi connectivity index (χ4n) is 2.60. The number of rotatable bonds is 3. The molecule has 2 aliphatic rings. The molecular formula is C16H14N3NaO3S. The summed E-state index contributed by atoms with van der Waals surface area (Å²) in [6.45, 7) is 1.82. The third-order valence-electron chi connectivity index (χ3n) is 3.96. The van der Waals surface area contributed by atoms with Crippen LogP contribution in [0.4, 0.5) is 0 Å². The van der Waals surface area contributed by atoms with E-state index < -0.39 is 17.1 Å². The largest absolute Gasteiger partial charge is 1.00 e. The number of hydrogen-bond donors (Lipinski definition) is 0. The Bertz CT molecular complexity index is 725. The van der Waals surface area contributed by atoms with Gasteiger partial charge in [-0.05, 0) is 44.0 Å². The van der Waals surface area contributed by atoms with Crippen LogP contribution in [0.5, 0.6) is 0 Å². The Morgan fingerprint density at radius 2 is 1.96 bits per heavy atom. The fraction of sp³-hybridized carbons (Fsp3) is 0.375. The van der Waals surface area contributed by atoms with E-state index in [0.29, 0.717) is 16.3 Å². The van der Waals surface area contributed by atoms with Crippen molar-refractivity contribution in [1.29, 1.82) is 5.26 Å². The van der Waals surface area contributed by atoms with Crippen molar-refractivity contribution in [2.24, 2.45) is 4.99 Å². The van der Waals surface area contributed by atoms with E-state index >= 15 is 0 Å². The molecule has 6 nitrogen and oxygen atoms in total. The Morgan fingerprint density at radius 1 is 1.33 bits per heavy atom. The standard InChI is InChI=1S/C16H15N3O3S.Na/c1-9-13(15(21)22)23-16(19(9)12-6-7-12)18-14(20)11-4-2-10(8-17)3-5-11;/h2-5,9,12-13H,6-7H2,1H3,(H,21,22);/q;+1/p-1. The molecule has 1 aliphatic carbocycles. The van der Waals surface area contributed by atoms with Crippen molar-refractivity contribution < 1.29 is 44.3 Å². The van der Waals surface area contributed by atoms with Crippen LogP contribution < -0.4 is 34.7 Å². The average molecular weight is 351 g/mol. The first-order valence-corrected chi connectivity index (χ1v) is 8.18. The minimum atomic E-state index is -1.14. The average Bonchev–Trinajstić information content (AvgIpc) is 3.31. The zero-order valence-corrected chi connectivity index (χ0v) is 16.2. The minimum Gasteiger partial charge on any atom is -0.549 e. The van der Waals surface area contributed by atoms with Gasteiger partial charge in [-0.2, -0.15) is 10.3 Å². The van der Waals surface area contributed by atoms with Crippen LogP contribution in [0.25, 0.3) is 0 Å². The molecule has 2 fully saturated rings. The molecule has 0 spiro atoms. The number of amides is 1. The van der Waals surface area contributed by atoms with Gasteiger partial charge in [0.25, 0.3) is 5.91 Å². The quantitative estimate of drug-likeness (QED) is 0.572. The molecule has 24 heavy (non-hydrogen) atoms. The number of carbonyl (C=O) groups excluding carboxylic acids is 2. The normalized spacial score (nSPS) is 24.3. The van der Waals surface area contributed by atoms with Crippen molar-refractivity contribution in [3.63, 3.8) is 0 Å². The van der Waals surface area contributed by atoms with Gasteiger partial charge in [0, 0.05) is 17.6 Å². The summed E-state index contributed by atoms with van der Waals surface area (Å²) in [5, 5.41) is 19.7. The molecule has 1 aromatic rings. The Labute approximate surface area is 166 Å². The van der Waals surface area contributed by atoms with E-state index in [1.807, 2.05) is 17.9 Å². The number of carboxylic acids is 1. The fourth-order valence-corrected chi connectivity index (χ4v) is 3.83. The van der Waals surface area contributed by atoms with Gasteiger partial charge in [-0.25, -0.2) is 0 Å². The second kappa shape index (κ2) is 7.70. The van der Waals surface area contributed by atoms with Crippen LogP contribution in [0, 0.1) is 11.3 Å². The van der Waals surface area contributed by atoms with E-state index in [2.05, 4.69) is 4.99 Å². The Balaban J connectivity index is 0.00000208. The first kappa shape index (κ1) is 19.0. The monoisotopic (exact) mass is 351 g/mol. The van der Waals surface area contributed by atoms with Crippen molar-refractivity contribution in [3.05, 3.63) is 35.4 Å². The summed E-state index contributed by atoms with van der Waals surface area (Å²) in [6, 6.07) is 8.21. The molecule has 1 aliphatic heterocycles. The Kier molecular flexibility index (Phi) is 6.10. The molecule has 1 saturated heterocycles. The zero-order valence-electron chi connectivity index (χ0n) is 13.4. The molecule has 0 bridgehead atoms. The van der Waals surface area contributed by atoms with Gasteiger partial charge in [0.05, 0.1) is 22.9 Å². The number of carbonyl (C=O) groups is 2. The number of aliphatic imine (C=N–C) groups is 1. The summed E-state index contributed by atoms with van der Waals surface area (Å²) >= 11 is 1.07. The Morgan fingerprint density at radius 3 is 2.46 bits per heavy atom. The summed E-state index contributed by atoms with van der Waals surface area (Å²) in [5.41, 5.74) is 0.840. The molecule has 0 radical (unpaired) electrons. The van der Waals surface area contributed by atoms with E-state index in [1.54, 1.807) is 24.3 Å². The summed E-state index contributed by atoms with van der Waals surface area (Å²) in [6.07, 6.45) is 1.96. The maximum absolute atomic E-state index is 12.3. The molecule has 2 unspecified atom stereocenters. The summed E-state index contributed by atoms with van der Waals surface area (Å²) in [5.74, 6) is -1.57. The molecule has 1 saturated carbocycles. The van der Waals surface area contributed by atoms with Gasteiger partial charge < -0.3 is 14.8 Å². The van der Waals surface area contributed by atoms with Gasteiger partial charge in [-0.3, -0.25) is 4.79 Å². The number of carboxylic acid groups (broad SMARTS) is 1. The maximum Gasteiger partial charge on any atom is 1.00 e. The predicted octanol–water partition coefficient (Wildman–Crippen LogP) is -2.22. The first-order chi connectivity index (χ1) is 11.0. The molecule has 1 heterocycles. The molecule has 1 aromatic carbocycles. The molecule has 3 rings (SSSR count). The van der Waals surface area contributed by atoms with Gasteiger partial charge >= 0.3 is 29.6 Å². The zero-order chi connectivity index (χ0) is 16.6. The number of nitriles is 1. The van der Waals surface area contributed by atoms with Crippen molar-refractivity contribution in [2.45, 2.75) is 37.1 Å². The Hall–Kier alpha value is -1.33. The van der Waals surface area contributed by atoms with Gasteiger partial charge in [0.2, 0.25) is 0 Å². The number of amidine groups is 1. The van der Waals surface area contributed by atoms with Gasteiger partial charge in [0.1, 0.15) is 0 Å². The van der Waals surface area contributed by atoms with Gasteiger partial charge in [-0.1, -0.05) is 11.8 Å². The number of aliphatic carboxylic acids is 1.